The molecule has 0 spiro atoms. The highest BCUT2D eigenvalue weighted by Gasteiger charge is 2.31. The van der Waals surface area contributed by atoms with Crippen LogP contribution < -0.4 is 0 Å². The molecule has 3 nitrogen and oxygen atoms in total. The zero-order chi connectivity index (χ0) is 13.0. The van der Waals surface area contributed by atoms with Gasteiger partial charge in [-0.15, -0.1) is 0 Å². The molecule has 2 aliphatic rings. The Bertz CT molecular complexity index is 274. The summed E-state index contributed by atoms with van der Waals surface area (Å²) in [7, 11) is 0. The Morgan fingerprint density at radius 2 is 1.94 bits per heavy atom. The number of carboxylic acids is 1. The largest absolute Gasteiger partial charge is 0.480 e. The van der Waals surface area contributed by atoms with Crippen LogP contribution in [0, 0.1) is 11.8 Å². The van der Waals surface area contributed by atoms with E-state index in [0.717, 1.165) is 31.8 Å². The second-order valence-corrected chi connectivity index (χ2v) is 6.34. The quantitative estimate of drug-likeness (QED) is 0.818. The molecule has 1 aliphatic carbocycles. The monoisotopic (exact) mass is 253 g/mol. The second kappa shape index (κ2) is 6.55. The van der Waals surface area contributed by atoms with Crippen LogP contribution in [0.4, 0.5) is 0 Å². The summed E-state index contributed by atoms with van der Waals surface area (Å²) in [5.41, 5.74) is 0. The first kappa shape index (κ1) is 13.9. The van der Waals surface area contributed by atoms with Crippen molar-refractivity contribution in [2.75, 3.05) is 13.1 Å². The van der Waals surface area contributed by atoms with E-state index < -0.39 is 5.97 Å². The number of aliphatic carboxylic acids is 1. The van der Waals surface area contributed by atoms with Crippen molar-refractivity contribution in [3.8, 4) is 0 Å². The first-order valence-corrected chi connectivity index (χ1v) is 7.63. The summed E-state index contributed by atoms with van der Waals surface area (Å²) >= 11 is 0. The summed E-state index contributed by atoms with van der Waals surface area (Å²) in [6.45, 7) is 4.26. The molecule has 0 aromatic heterocycles. The van der Waals surface area contributed by atoms with Gasteiger partial charge in [0.15, 0.2) is 0 Å². The fourth-order valence-corrected chi connectivity index (χ4v) is 3.79. The maximum absolute atomic E-state index is 11.1. The molecular weight excluding hydrogens is 226 g/mol. The van der Waals surface area contributed by atoms with E-state index in [9.17, 15) is 9.90 Å². The molecule has 0 aromatic rings. The Labute approximate surface area is 111 Å². The number of hydrogen-bond donors (Lipinski definition) is 1. The molecule has 1 heterocycles. The summed E-state index contributed by atoms with van der Waals surface area (Å²) in [6, 6.07) is -0.209. The lowest BCUT2D eigenvalue weighted by molar-refractivity contribution is -0.142. The summed E-state index contributed by atoms with van der Waals surface area (Å²) < 4.78 is 0. The van der Waals surface area contributed by atoms with Gasteiger partial charge in [0.2, 0.25) is 0 Å². The standard InChI is InChI=1S/C15H27NO2/c1-12(10-13-6-3-2-4-7-13)11-16-9-5-8-14(16)15(17)18/h12-14H,2-11H2,1H3,(H,17,18)/t12?,14-/m0/s1. The zero-order valence-electron chi connectivity index (χ0n) is 11.6. The predicted molar refractivity (Wildman–Crippen MR) is 72.6 cm³/mol. The van der Waals surface area contributed by atoms with Crippen molar-refractivity contribution < 1.29 is 9.90 Å². The van der Waals surface area contributed by atoms with Gasteiger partial charge in [-0.1, -0.05) is 39.0 Å². The first-order valence-electron chi connectivity index (χ1n) is 7.63. The van der Waals surface area contributed by atoms with Crippen molar-refractivity contribution in [2.24, 2.45) is 11.8 Å². The van der Waals surface area contributed by atoms with E-state index in [1.807, 2.05) is 0 Å². The highest BCUT2D eigenvalue weighted by atomic mass is 16.4. The molecule has 0 amide bonds. The summed E-state index contributed by atoms with van der Waals surface area (Å²) in [5, 5.41) is 9.18. The van der Waals surface area contributed by atoms with Crippen molar-refractivity contribution in [3.63, 3.8) is 0 Å². The molecule has 1 unspecified atom stereocenters. The number of carboxylic acid groups (broad SMARTS) is 1. The zero-order valence-corrected chi connectivity index (χ0v) is 11.6. The third-order valence-corrected chi connectivity index (χ3v) is 4.66. The molecule has 2 atom stereocenters. The molecule has 1 saturated carbocycles. The lowest BCUT2D eigenvalue weighted by Gasteiger charge is -2.29. The molecule has 0 aromatic carbocycles. The number of rotatable bonds is 5. The molecule has 3 heteroatoms. The topological polar surface area (TPSA) is 40.5 Å². The van der Waals surface area contributed by atoms with Crippen LogP contribution in [0.5, 0.6) is 0 Å². The summed E-state index contributed by atoms with van der Waals surface area (Å²) in [6.07, 6.45) is 10.2. The van der Waals surface area contributed by atoms with Crippen LogP contribution in [0.1, 0.15) is 58.3 Å². The Morgan fingerprint density at radius 3 is 2.61 bits per heavy atom. The minimum atomic E-state index is -0.627. The normalized spacial score (nSPS) is 28.4. The molecule has 104 valence electrons. The van der Waals surface area contributed by atoms with Crippen LogP contribution >= 0.6 is 0 Å². The Morgan fingerprint density at radius 1 is 1.22 bits per heavy atom. The van der Waals surface area contributed by atoms with E-state index in [-0.39, 0.29) is 6.04 Å². The molecular formula is C15H27NO2. The van der Waals surface area contributed by atoms with Crippen molar-refractivity contribution in [3.05, 3.63) is 0 Å². The maximum Gasteiger partial charge on any atom is 0.320 e. The van der Waals surface area contributed by atoms with Crippen LogP contribution in [0.2, 0.25) is 0 Å². The third kappa shape index (κ3) is 3.71. The molecule has 1 N–H and O–H groups in total. The lowest BCUT2D eigenvalue weighted by Crippen LogP contribution is -2.38. The van der Waals surface area contributed by atoms with Gasteiger partial charge in [0, 0.05) is 6.54 Å². The van der Waals surface area contributed by atoms with E-state index in [1.165, 1.54) is 38.5 Å². The molecule has 18 heavy (non-hydrogen) atoms. The van der Waals surface area contributed by atoms with Gasteiger partial charge in [0.1, 0.15) is 6.04 Å². The predicted octanol–water partition coefficient (Wildman–Crippen LogP) is 3.14. The molecule has 1 aliphatic heterocycles. The molecule has 0 radical (unpaired) electrons. The minimum Gasteiger partial charge on any atom is -0.480 e. The Balaban J connectivity index is 1.75. The van der Waals surface area contributed by atoms with E-state index >= 15 is 0 Å². The van der Waals surface area contributed by atoms with E-state index in [2.05, 4.69) is 11.8 Å². The van der Waals surface area contributed by atoms with Crippen LogP contribution in [-0.2, 0) is 4.79 Å². The molecule has 2 fully saturated rings. The Kier molecular flexibility index (Phi) is 5.04. The molecule has 1 saturated heterocycles. The average Bonchev–Trinajstić information content (AvgIpc) is 2.78. The van der Waals surface area contributed by atoms with Gasteiger partial charge in [-0.2, -0.15) is 0 Å². The highest BCUT2D eigenvalue weighted by molar-refractivity contribution is 5.73. The first-order chi connectivity index (χ1) is 8.66. The second-order valence-electron chi connectivity index (χ2n) is 6.34. The average molecular weight is 253 g/mol. The van der Waals surface area contributed by atoms with Gasteiger partial charge in [0.25, 0.3) is 0 Å². The van der Waals surface area contributed by atoms with Gasteiger partial charge in [-0.25, -0.2) is 0 Å². The molecule has 0 bridgehead atoms. The lowest BCUT2D eigenvalue weighted by atomic mass is 9.83. The van der Waals surface area contributed by atoms with Gasteiger partial charge < -0.3 is 5.11 Å². The number of hydrogen-bond acceptors (Lipinski definition) is 2. The van der Waals surface area contributed by atoms with Gasteiger partial charge >= 0.3 is 5.97 Å². The molecule has 2 rings (SSSR count). The number of likely N-dealkylation sites (tertiary alicyclic amines) is 1. The van der Waals surface area contributed by atoms with Gasteiger partial charge in [-0.05, 0) is 37.6 Å². The summed E-state index contributed by atoms with van der Waals surface area (Å²) in [4.78, 5) is 13.3. The minimum absolute atomic E-state index is 0.209. The van der Waals surface area contributed by atoms with Gasteiger partial charge in [-0.3, -0.25) is 9.69 Å². The maximum atomic E-state index is 11.1. The number of carbonyl (C=O) groups is 1. The van der Waals surface area contributed by atoms with Crippen LogP contribution in [0.25, 0.3) is 0 Å². The fraction of sp³-hybridized carbons (Fsp3) is 0.933. The van der Waals surface area contributed by atoms with Crippen molar-refractivity contribution in [2.45, 2.75) is 64.3 Å². The van der Waals surface area contributed by atoms with Crippen molar-refractivity contribution >= 4 is 5.97 Å². The highest BCUT2D eigenvalue weighted by Crippen LogP contribution is 2.30. The van der Waals surface area contributed by atoms with Crippen LogP contribution in [0.3, 0.4) is 0 Å². The van der Waals surface area contributed by atoms with Crippen molar-refractivity contribution in [1.29, 1.82) is 0 Å². The van der Waals surface area contributed by atoms with E-state index in [4.69, 9.17) is 0 Å². The Hall–Kier alpha value is -0.570. The van der Waals surface area contributed by atoms with E-state index in [0.29, 0.717) is 5.92 Å². The summed E-state index contributed by atoms with van der Waals surface area (Å²) in [5.74, 6) is 0.921. The number of nitrogens with zero attached hydrogens (tertiary/aromatic N) is 1. The van der Waals surface area contributed by atoms with Crippen molar-refractivity contribution in [1.82, 2.24) is 4.90 Å². The van der Waals surface area contributed by atoms with E-state index in [1.54, 1.807) is 0 Å². The SMILES string of the molecule is CC(CC1CCCCC1)CN1CCC[C@H]1C(=O)O. The third-order valence-electron chi connectivity index (χ3n) is 4.66. The smallest absolute Gasteiger partial charge is 0.320 e. The van der Waals surface area contributed by atoms with Gasteiger partial charge in [0.05, 0.1) is 0 Å². The van der Waals surface area contributed by atoms with Crippen LogP contribution in [-0.4, -0.2) is 35.1 Å². The fourth-order valence-electron chi connectivity index (χ4n) is 3.79. The van der Waals surface area contributed by atoms with Crippen LogP contribution in [0.15, 0.2) is 0 Å².